The Morgan fingerprint density at radius 3 is 2.44 bits per heavy atom. The maximum Gasteiger partial charge on any atom is 0.264 e. The van der Waals surface area contributed by atoms with Crippen LogP contribution in [0.2, 0.25) is 0 Å². The zero-order valence-electron chi connectivity index (χ0n) is 32.2. The van der Waals surface area contributed by atoms with Crippen molar-refractivity contribution in [3.63, 3.8) is 0 Å². The molecule has 1 aliphatic carbocycles. The van der Waals surface area contributed by atoms with Crippen LogP contribution in [-0.2, 0) is 16.6 Å². The maximum atomic E-state index is 14.7. The number of ether oxygens (including phenoxy) is 1. The van der Waals surface area contributed by atoms with Crippen molar-refractivity contribution in [2.75, 3.05) is 7.11 Å². The van der Waals surface area contributed by atoms with Gasteiger partial charge in [0, 0.05) is 34.1 Å². The summed E-state index contributed by atoms with van der Waals surface area (Å²) in [4.78, 5) is 30.4. The van der Waals surface area contributed by atoms with E-state index in [1.165, 1.54) is 17.6 Å². The first kappa shape index (κ1) is 36.3. The minimum Gasteiger partial charge on any atom is -0.497 e. The summed E-state index contributed by atoms with van der Waals surface area (Å²) in [5.41, 5.74) is 9.17. The molecule has 11 heteroatoms. The Kier molecular flexibility index (Phi) is 9.35. The standard InChI is InChI=1S/C43H51N5O5S/c1-25(2)48-40(37(23-44-48)43(50)47-32-13-14-33(47)19-27(5)18-32)31-20-30-21-34(53-6)15-17-35(30)41-39(28-10-8-7-9-11-28)36-16-12-29(22-38(36)46(41)24-31)42(49)45-54(51,52)26(3)4/h12,15-18,20-23,25-26,28,32-33H,7-11,13-14,19,24H2,1-6H3,(H,45,49). The smallest absolute Gasteiger partial charge is 0.264 e. The number of rotatable bonds is 8. The van der Waals surface area contributed by atoms with Gasteiger partial charge in [-0.05, 0) is 126 Å². The first-order valence-electron chi connectivity index (χ1n) is 19.5. The molecule has 2 aromatic carbocycles. The van der Waals surface area contributed by atoms with Crippen LogP contribution in [0.3, 0.4) is 0 Å². The molecule has 4 aromatic rings. The Morgan fingerprint density at radius 1 is 0.963 bits per heavy atom. The van der Waals surface area contributed by atoms with Crippen molar-refractivity contribution in [2.24, 2.45) is 0 Å². The molecule has 2 aromatic heterocycles. The number of amides is 2. The number of hydrogen-bond acceptors (Lipinski definition) is 6. The van der Waals surface area contributed by atoms with E-state index >= 15 is 0 Å². The van der Waals surface area contributed by atoms with E-state index in [0.717, 1.165) is 89.7 Å². The lowest BCUT2D eigenvalue weighted by atomic mass is 9.81. The number of fused-ring (bicyclic) bond motifs is 7. The SMILES string of the molecule is COc1ccc2c(c1)C=C(c1c(C(=O)N3C4C=C(C)CC3CC4)cnn1C(C)C)Cn1c-2c(C2CCCCC2)c2ccc(C(=O)NS(=O)(=O)C(C)C)cc21. The third kappa shape index (κ3) is 6.18. The van der Waals surface area contributed by atoms with Crippen LogP contribution in [0.15, 0.2) is 54.2 Å². The van der Waals surface area contributed by atoms with E-state index in [-0.39, 0.29) is 29.6 Å². The van der Waals surface area contributed by atoms with Crippen LogP contribution < -0.4 is 9.46 Å². The molecule has 2 amide bonds. The van der Waals surface area contributed by atoms with Crippen molar-refractivity contribution in [3.8, 4) is 17.0 Å². The minimum absolute atomic E-state index is 0.00923. The van der Waals surface area contributed by atoms with Gasteiger partial charge < -0.3 is 14.2 Å². The average Bonchev–Trinajstić information content (AvgIpc) is 3.77. The van der Waals surface area contributed by atoms with E-state index in [4.69, 9.17) is 9.84 Å². The Balaban J connectivity index is 1.35. The number of allylic oxidation sites excluding steroid dienone is 1. The molecule has 2 fully saturated rings. The van der Waals surface area contributed by atoms with Gasteiger partial charge in [-0.25, -0.2) is 13.1 Å². The highest BCUT2D eigenvalue weighted by atomic mass is 32.2. The summed E-state index contributed by atoms with van der Waals surface area (Å²) in [7, 11) is -2.16. The van der Waals surface area contributed by atoms with E-state index in [2.05, 4.69) is 59.2 Å². The van der Waals surface area contributed by atoms with Crippen molar-refractivity contribution in [1.82, 2.24) is 24.0 Å². The summed E-state index contributed by atoms with van der Waals surface area (Å²) in [5.74, 6) is 0.412. The Bertz CT molecular complexity index is 2340. The highest BCUT2D eigenvalue weighted by Crippen LogP contribution is 2.48. The number of hydrogen-bond donors (Lipinski definition) is 1. The van der Waals surface area contributed by atoms with Crippen LogP contribution in [0.1, 0.15) is 135 Å². The third-order valence-electron chi connectivity index (χ3n) is 12.0. The highest BCUT2D eigenvalue weighted by molar-refractivity contribution is 7.90. The highest BCUT2D eigenvalue weighted by Gasteiger charge is 2.41. The fraction of sp³-hybridized carbons (Fsp3) is 0.465. The molecule has 1 saturated carbocycles. The van der Waals surface area contributed by atoms with Crippen LogP contribution >= 0.6 is 0 Å². The van der Waals surface area contributed by atoms with Crippen LogP contribution in [0.5, 0.6) is 5.75 Å². The molecule has 0 radical (unpaired) electrons. The van der Waals surface area contributed by atoms with E-state index in [0.29, 0.717) is 18.0 Å². The zero-order chi connectivity index (χ0) is 38.1. The van der Waals surface area contributed by atoms with Crippen molar-refractivity contribution < 1.29 is 22.7 Å². The van der Waals surface area contributed by atoms with Gasteiger partial charge in [0.15, 0.2) is 0 Å². The lowest BCUT2D eigenvalue weighted by Crippen LogP contribution is -2.43. The van der Waals surface area contributed by atoms with Crippen molar-refractivity contribution >= 4 is 44.4 Å². The first-order chi connectivity index (χ1) is 25.9. The number of carbonyl (C=O) groups excluding carboxylic acids is 2. The van der Waals surface area contributed by atoms with E-state index in [1.807, 2.05) is 22.9 Å². The molecule has 2 bridgehead atoms. The molecule has 2 unspecified atom stereocenters. The number of aromatic nitrogens is 3. The fourth-order valence-corrected chi connectivity index (χ4v) is 9.97. The maximum absolute atomic E-state index is 14.7. The van der Waals surface area contributed by atoms with Gasteiger partial charge in [0.2, 0.25) is 10.0 Å². The molecule has 2 atom stereocenters. The first-order valence-corrected chi connectivity index (χ1v) is 21.1. The Hall–Kier alpha value is -4.64. The normalized spacial score (nSPS) is 20.1. The predicted molar refractivity (Wildman–Crippen MR) is 213 cm³/mol. The minimum atomic E-state index is -3.84. The van der Waals surface area contributed by atoms with Gasteiger partial charge in [-0.15, -0.1) is 0 Å². The van der Waals surface area contributed by atoms with E-state index in [9.17, 15) is 18.0 Å². The molecule has 1 N–H and O–H groups in total. The molecular weight excluding hydrogens is 699 g/mol. The lowest BCUT2D eigenvalue weighted by molar-refractivity contribution is 0.0684. The largest absolute Gasteiger partial charge is 0.497 e. The van der Waals surface area contributed by atoms with Crippen LogP contribution in [0.4, 0.5) is 0 Å². The quantitative estimate of drug-likeness (QED) is 0.181. The molecule has 284 valence electrons. The van der Waals surface area contributed by atoms with Crippen LogP contribution in [0.25, 0.3) is 33.8 Å². The van der Waals surface area contributed by atoms with Crippen LogP contribution in [-0.4, -0.2) is 63.9 Å². The second kappa shape index (κ2) is 13.9. The van der Waals surface area contributed by atoms with Gasteiger partial charge in [0.25, 0.3) is 11.8 Å². The molecule has 0 spiro atoms. The monoisotopic (exact) mass is 749 g/mol. The topological polar surface area (TPSA) is 116 Å². The van der Waals surface area contributed by atoms with Gasteiger partial charge in [-0.2, -0.15) is 5.10 Å². The van der Waals surface area contributed by atoms with Crippen molar-refractivity contribution in [2.45, 2.75) is 122 Å². The third-order valence-corrected chi connectivity index (χ3v) is 13.8. The summed E-state index contributed by atoms with van der Waals surface area (Å²) in [5, 5.41) is 5.17. The van der Waals surface area contributed by atoms with E-state index < -0.39 is 21.2 Å². The number of sulfonamides is 1. The zero-order valence-corrected chi connectivity index (χ0v) is 33.0. The number of methoxy groups -OCH3 is 1. The summed E-state index contributed by atoms with van der Waals surface area (Å²) in [6, 6.07) is 12.0. The summed E-state index contributed by atoms with van der Waals surface area (Å²) >= 11 is 0. The molecule has 4 aliphatic rings. The van der Waals surface area contributed by atoms with Gasteiger partial charge in [-0.3, -0.25) is 14.3 Å². The second-order valence-electron chi connectivity index (χ2n) is 16.2. The summed E-state index contributed by atoms with van der Waals surface area (Å²) in [6.07, 6.45) is 14.7. The number of nitrogens with one attached hydrogen (secondary N) is 1. The molecule has 10 nitrogen and oxygen atoms in total. The van der Waals surface area contributed by atoms with Crippen molar-refractivity contribution in [1.29, 1.82) is 0 Å². The summed E-state index contributed by atoms with van der Waals surface area (Å²) < 4.78 is 37.9. The Labute approximate surface area is 318 Å². The molecule has 1 saturated heterocycles. The van der Waals surface area contributed by atoms with Gasteiger partial charge >= 0.3 is 0 Å². The van der Waals surface area contributed by atoms with E-state index in [1.54, 1.807) is 33.2 Å². The van der Waals surface area contributed by atoms with Gasteiger partial charge in [-0.1, -0.05) is 37.0 Å². The molecule has 8 rings (SSSR count). The average molecular weight is 750 g/mol. The molecular formula is C43H51N5O5S. The predicted octanol–water partition coefficient (Wildman–Crippen LogP) is 8.49. The summed E-state index contributed by atoms with van der Waals surface area (Å²) in [6.45, 7) is 9.85. The fourth-order valence-electron chi connectivity index (χ4n) is 9.36. The molecule has 54 heavy (non-hydrogen) atoms. The van der Waals surface area contributed by atoms with Crippen molar-refractivity contribution in [3.05, 3.63) is 82.2 Å². The lowest BCUT2D eigenvalue weighted by Gasteiger charge is -2.33. The second-order valence-corrected chi connectivity index (χ2v) is 18.5. The molecule has 5 heterocycles. The molecule has 3 aliphatic heterocycles. The number of nitrogens with zero attached hydrogens (tertiary/aromatic N) is 4. The Morgan fingerprint density at radius 2 is 1.74 bits per heavy atom. The number of benzene rings is 2. The van der Waals surface area contributed by atoms with Crippen LogP contribution in [0, 0.1) is 0 Å². The number of carbonyl (C=O) groups is 2. The van der Waals surface area contributed by atoms with Gasteiger partial charge in [0.05, 0.1) is 48.1 Å². The van der Waals surface area contributed by atoms with Gasteiger partial charge in [0.1, 0.15) is 5.75 Å².